The standard InChI is InChI=1S/C15H21N3O/c1-5-19-13-8-6-12(7-9-13)15(16)14-10(2)17-18(4)11(14)3/h6-9,15H,5,16H2,1-4H3. The van der Waals surface area contributed by atoms with Gasteiger partial charge in [-0.15, -0.1) is 0 Å². The van der Waals surface area contributed by atoms with E-state index in [-0.39, 0.29) is 6.04 Å². The van der Waals surface area contributed by atoms with Gasteiger partial charge in [-0.3, -0.25) is 4.68 Å². The highest BCUT2D eigenvalue weighted by molar-refractivity contribution is 5.38. The average molecular weight is 259 g/mol. The van der Waals surface area contributed by atoms with E-state index in [2.05, 4.69) is 5.10 Å². The Morgan fingerprint density at radius 2 is 1.89 bits per heavy atom. The highest BCUT2D eigenvalue weighted by Crippen LogP contribution is 2.26. The molecule has 1 heterocycles. The van der Waals surface area contributed by atoms with E-state index in [0.29, 0.717) is 6.61 Å². The molecular formula is C15H21N3O. The van der Waals surface area contributed by atoms with Crippen LogP contribution in [0.15, 0.2) is 24.3 Å². The van der Waals surface area contributed by atoms with Gasteiger partial charge in [-0.25, -0.2) is 0 Å². The van der Waals surface area contributed by atoms with E-state index in [1.807, 2.05) is 56.8 Å². The third kappa shape index (κ3) is 2.63. The molecule has 0 amide bonds. The highest BCUT2D eigenvalue weighted by Gasteiger charge is 2.18. The quantitative estimate of drug-likeness (QED) is 0.917. The minimum absolute atomic E-state index is 0.149. The number of ether oxygens (including phenoxy) is 1. The molecule has 2 rings (SSSR count). The summed E-state index contributed by atoms with van der Waals surface area (Å²) in [5.74, 6) is 0.873. The van der Waals surface area contributed by atoms with Crippen LogP contribution in [0.4, 0.5) is 0 Å². The van der Waals surface area contributed by atoms with Crippen LogP contribution in [0.3, 0.4) is 0 Å². The van der Waals surface area contributed by atoms with Crippen LogP contribution in [-0.4, -0.2) is 16.4 Å². The Hall–Kier alpha value is -1.81. The Bertz CT molecular complexity index is 558. The maximum atomic E-state index is 6.36. The summed E-state index contributed by atoms with van der Waals surface area (Å²) in [5, 5.41) is 4.42. The summed E-state index contributed by atoms with van der Waals surface area (Å²) in [6.45, 7) is 6.69. The largest absolute Gasteiger partial charge is 0.494 e. The number of benzene rings is 1. The third-order valence-corrected chi connectivity index (χ3v) is 3.43. The van der Waals surface area contributed by atoms with E-state index in [9.17, 15) is 0 Å². The predicted molar refractivity (Wildman–Crippen MR) is 76.3 cm³/mol. The number of aromatic nitrogens is 2. The molecule has 1 aromatic heterocycles. The molecule has 0 aliphatic rings. The zero-order valence-electron chi connectivity index (χ0n) is 12.0. The van der Waals surface area contributed by atoms with Gasteiger partial charge >= 0.3 is 0 Å². The molecular weight excluding hydrogens is 238 g/mol. The molecule has 0 spiro atoms. The second-order valence-corrected chi connectivity index (χ2v) is 4.69. The van der Waals surface area contributed by atoms with E-state index in [4.69, 9.17) is 10.5 Å². The first-order valence-corrected chi connectivity index (χ1v) is 6.53. The average Bonchev–Trinajstić information content (AvgIpc) is 2.64. The van der Waals surface area contributed by atoms with E-state index < -0.39 is 0 Å². The Morgan fingerprint density at radius 1 is 1.26 bits per heavy atom. The van der Waals surface area contributed by atoms with Gasteiger partial charge in [0.05, 0.1) is 18.3 Å². The second kappa shape index (κ2) is 5.45. The Balaban J connectivity index is 2.30. The lowest BCUT2D eigenvalue weighted by Gasteiger charge is -2.14. The molecule has 102 valence electrons. The summed E-state index contributed by atoms with van der Waals surface area (Å²) in [7, 11) is 1.94. The van der Waals surface area contributed by atoms with Crippen molar-refractivity contribution in [2.75, 3.05) is 6.61 Å². The van der Waals surface area contributed by atoms with Gasteiger partial charge in [0.2, 0.25) is 0 Å². The molecule has 0 radical (unpaired) electrons. The number of rotatable bonds is 4. The number of nitrogens with zero attached hydrogens (tertiary/aromatic N) is 2. The Morgan fingerprint density at radius 3 is 2.37 bits per heavy atom. The van der Waals surface area contributed by atoms with Crippen molar-refractivity contribution in [2.24, 2.45) is 12.8 Å². The summed E-state index contributed by atoms with van der Waals surface area (Å²) >= 11 is 0. The second-order valence-electron chi connectivity index (χ2n) is 4.69. The van der Waals surface area contributed by atoms with Crippen LogP contribution in [0.25, 0.3) is 0 Å². The van der Waals surface area contributed by atoms with Crippen molar-refractivity contribution in [3.05, 3.63) is 46.8 Å². The molecule has 4 heteroatoms. The van der Waals surface area contributed by atoms with E-state index >= 15 is 0 Å². The molecule has 19 heavy (non-hydrogen) atoms. The van der Waals surface area contributed by atoms with Crippen LogP contribution >= 0.6 is 0 Å². The SMILES string of the molecule is CCOc1ccc(C(N)c2c(C)nn(C)c2C)cc1. The molecule has 4 nitrogen and oxygen atoms in total. The van der Waals surface area contributed by atoms with E-state index in [1.165, 1.54) is 0 Å². The highest BCUT2D eigenvalue weighted by atomic mass is 16.5. The number of hydrogen-bond donors (Lipinski definition) is 1. The maximum absolute atomic E-state index is 6.36. The van der Waals surface area contributed by atoms with Crippen molar-refractivity contribution in [3.8, 4) is 5.75 Å². The van der Waals surface area contributed by atoms with Crippen LogP contribution < -0.4 is 10.5 Å². The van der Waals surface area contributed by atoms with Gasteiger partial charge in [-0.2, -0.15) is 5.10 Å². The zero-order chi connectivity index (χ0) is 14.0. The Labute approximate surface area is 114 Å². The van der Waals surface area contributed by atoms with Crippen molar-refractivity contribution in [2.45, 2.75) is 26.8 Å². The summed E-state index contributed by atoms with van der Waals surface area (Å²) < 4.78 is 7.31. The number of nitrogens with two attached hydrogens (primary N) is 1. The van der Waals surface area contributed by atoms with Gasteiger partial charge in [0.25, 0.3) is 0 Å². The van der Waals surface area contributed by atoms with Crippen molar-refractivity contribution in [1.82, 2.24) is 9.78 Å². The normalized spacial score (nSPS) is 12.5. The maximum Gasteiger partial charge on any atom is 0.119 e. The van der Waals surface area contributed by atoms with Gasteiger partial charge in [0, 0.05) is 18.3 Å². The molecule has 2 N–H and O–H groups in total. The zero-order valence-corrected chi connectivity index (χ0v) is 12.0. The fourth-order valence-electron chi connectivity index (χ4n) is 2.34. The molecule has 1 aromatic carbocycles. The molecule has 0 saturated carbocycles. The van der Waals surface area contributed by atoms with Gasteiger partial charge in [-0.1, -0.05) is 12.1 Å². The molecule has 0 aliphatic heterocycles. The molecule has 0 bridgehead atoms. The summed E-state index contributed by atoms with van der Waals surface area (Å²) in [6, 6.07) is 7.80. The van der Waals surface area contributed by atoms with Gasteiger partial charge in [0.1, 0.15) is 5.75 Å². The van der Waals surface area contributed by atoms with Gasteiger partial charge < -0.3 is 10.5 Å². The predicted octanol–water partition coefficient (Wildman–Crippen LogP) is 2.48. The smallest absolute Gasteiger partial charge is 0.119 e. The lowest BCUT2D eigenvalue weighted by Crippen LogP contribution is -2.13. The van der Waals surface area contributed by atoms with Crippen LogP contribution in [0.2, 0.25) is 0 Å². The molecule has 1 unspecified atom stereocenters. The van der Waals surface area contributed by atoms with E-state index in [0.717, 1.165) is 28.3 Å². The topological polar surface area (TPSA) is 53.1 Å². The van der Waals surface area contributed by atoms with Crippen molar-refractivity contribution >= 4 is 0 Å². The van der Waals surface area contributed by atoms with Crippen molar-refractivity contribution in [1.29, 1.82) is 0 Å². The third-order valence-electron chi connectivity index (χ3n) is 3.43. The van der Waals surface area contributed by atoms with Crippen molar-refractivity contribution < 1.29 is 4.74 Å². The first-order chi connectivity index (χ1) is 9.04. The molecule has 2 aromatic rings. The number of aryl methyl sites for hydroxylation is 2. The lowest BCUT2D eigenvalue weighted by molar-refractivity contribution is 0.340. The summed E-state index contributed by atoms with van der Waals surface area (Å²) in [6.07, 6.45) is 0. The van der Waals surface area contributed by atoms with Crippen LogP contribution in [-0.2, 0) is 7.05 Å². The fourth-order valence-corrected chi connectivity index (χ4v) is 2.34. The van der Waals surface area contributed by atoms with Crippen LogP contribution in [0.5, 0.6) is 5.75 Å². The molecule has 0 aliphatic carbocycles. The molecule has 0 saturated heterocycles. The summed E-state index contributed by atoms with van der Waals surface area (Å²) in [4.78, 5) is 0. The van der Waals surface area contributed by atoms with Gasteiger partial charge in [0.15, 0.2) is 0 Å². The van der Waals surface area contributed by atoms with Crippen LogP contribution in [0.1, 0.15) is 35.5 Å². The van der Waals surface area contributed by atoms with E-state index in [1.54, 1.807) is 0 Å². The molecule has 1 atom stereocenters. The Kier molecular flexibility index (Phi) is 3.90. The first-order valence-electron chi connectivity index (χ1n) is 6.53. The minimum atomic E-state index is -0.149. The van der Waals surface area contributed by atoms with Crippen LogP contribution in [0, 0.1) is 13.8 Å². The summed E-state index contributed by atoms with van der Waals surface area (Å²) in [5.41, 5.74) is 10.6. The number of hydrogen-bond acceptors (Lipinski definition) is 3. The lowest BCUT2D eigenvalue weighted by atomic mass is 9.98. The minimum Gasteiger partial charge on any atom is -0.494 e. The fraction of sp³-hybridized carbons (Fsp3) is 0.400. The van der Waals surface area contributed by atoms with Gasteiger partial charge in [-0.05, 0) is 38.5 Å². The first kappa shape index (κ1) is 13.6. The monoisotopic (exact) mass is 259 g/mol. The molecule has 0 fully saturated rings. The van der Waals surface area contributed by atoms with Crippen molar-refractivity contribution in [3.63, 3.8) is 0 Å².